The second-order valence-corrected chi connectivity index (χ2v) is 3.96. The maximum absolute atomic E-state index is 3.65. The van der Waals surface area contributed by atoms with Gasteiger partial charge in [0.2, 0.25) is 0 Å². The third-order valence-electron chi connectivity index (χ3n) is 1.90. The minimum absolute atomic E-state index is 0. The molecule has 0 aliphatic carbocycles. The number of hydrogen-bond acceptors (Lipinski definition) is 0. The largest absolute Gasteiger partial charge is 0.103 e. The van der Waals surface area contributed by atoms with Gasteiger partial charge in [0, 0.05) is 0 Å². The van der Waals surface area contributed by atoms with Crippen LogP contribution in [0, 0.1) is 11.8 Å². The first-order chi connectivity index (χ1) is 6.08. The summed E-state index contributed by atoms with van der Waals surface area (Å²) in [6.07, 6.45) is 7.50. The van der Waals surface area contributed by atoms with Crippen LogP contribution in [-0.2, 0) is 0 Å². The van der Waals surface area contributed by atoms with Crippen LogP contribution in [0.2, 0.25) is 0 Å². The minimum Gasteiger partial charge on any atom is -0.103 e. The fourth-order valence-electron chi connectivity index (χ4n) is 0.785. The maximum Gasteiger partial charge on any atom is -0.0328 e. The van der Waals surface area contributed by atoms with Crippen LogP contribution in [0.5, 0.6) is 0 Å². The van der Waals surface area contributed by atoms with Crippen molar-refractivity contribution < 1.29 is 0 Å². The van der Waals surface area contributed by atoms with E-state index in [2.05, 4.69) is 40.9 Å². The highest BCUT2D eigenvalue weighted by Crippen LogP contribution is 2.04. The molecule has 0 aliphatic rings. The molecule has 0 aliphatic heterocycles. The molecule has 0 heteroatoms. The van der Waals surface area contributed by atoms with Crippen molar-refractivity contribution in [3.63, 3.8) is 0 Å². The van der Waals surface area contributed by atoms with E-state index in [1.165, 1.54) is 6.42 Å². The van der Waals surface area contributed by atoms with E-state index in [0.717, 1.165) is 24.7 Å². The van der Waals surface area contributed by atoms with Crippen LogP contribution in [0.25, 0.3) is 0 Å². The van der Waals surface area contributed by atoms with Crippen LogP contribution >= 0.6 is 0 Å². The van der Waals surface area contributed by atoms with Gasteiger partial charge in [-0.1, -0.05) is 76.0 Å². The first-order valence-corrected chi connectivity index (χ1v) is 5.30. The normalized spacial score (nSPS) is 8.76. The molecule has 0 amide bonds. The molecule has 0 heterocycles. The van der Waals surface area contributed by atoms with Gasteiger partial charge < -0.3 is 0 Å². The van der Waals surface area contributed by atoms with Gasteiger partial charge in [-0.15, -0.1) is 13.2 Å². The SMILES string of the molecule is C.C.C.C.C=CCC(C)C.C=CCC(C)CC. The van der Waals surface area contributed by atoms with Crippen molar-refractivity contribution >= 4 is 0 Å². The Balaban J connectivity index is -0.0000000290. The first-order valence-electron chi connectivity index (χ1n) is 5.30. The third kappa shape index (κ3) is 50.3. The van der Waals surface area contributed by atoms with Gasteiger partial charge in [0.25, 0.3) is 0 Å². The van der Waals surface area contributed by atoms with Crippen LogP contribution in [0.1, 0.15) is 76.7 Å². The van der Waals surface area contributed by atoms with Crippen LogP contribution in [0.4, 0.5) is 0 Å². The Morgan fingerprint density at radius 3 is 1.24 bits per heavy atom. The van der Waals surface area contributed by atoms with E-state index < -0.39 is 0 Å². The molecule has 0 saturated carbocycles. The van der Waals surface area contributed by atoms with E-state index >= 15 is 0 Å². The molecule has 0 aromatic carbocycles. The van der Waals surface area contributed by atoms with Crippen LogP contribution in [0.3, 0.4) is 0 Å². The molecule has 1 unspecified atom stereocenters. The summed E-state index contributed by atoms with van der Waals surface area (Å²) in [4.78, 5) is 0. The molecule has 0 aromatic rings. The fraction of sp³-hybridized carbons (Fsp3) is 0.765. The van der Waals surface area contributed by atoms with Gasteiger partial charge in [0.15, 0.2) is 0 Å². The molecule has 0 spiro atoms. The smallest absolute Gasteiger partial charge is 0.0328 e. The Morgan fingerprint density at radius 2 is 1.18 bits per heavy atom. The highest BCUT2D eigenvalue weighted by Gasteiger charge is 1.90. The highest BCUT2D eigenvalue weighted by atomic mass is 14.0. The molecule has 0 rings (SSSR count). The van der Waals surface area contributed by atoms with Gasteiger partial charge in [-0.25, -0.2) is 0 Å². The van der Waals surface area contributed by atoms with Crippen molar-refractivity contribution in [2.24, 2.45) is 11.8 Å². The summed E-state index contributed by atoms with van der Waals surface area (Å²) in [6.45, 7) is 16.1. The Hall–Kier alpha value is -0.520. The van der Waals surface area contributed by atoms with Crippen molar-refractivity contribution in [3.05, 3.63) is 25.3 Å². The van der Waals surface area contributed by atoms with Crippen molar-refractivity contribution in [1.29, 1.82) is 0 Å². The van der Waals surface area contributed by atoms with Crippen LogP contribution in [0.15, 0.2) is 25.3 Å². The zero-order valence-electron chi connectivity index (χ0n) is 9.84. The van der Waals surface area contributed by atoms with Crippen LogP contribution in [-0.4, -0.2) is 0 Å². The Labute approximate surface area is 114 Å². The maximum atomic E-state index is 3.65. The van der Waals surface area contributed by atoms with Gasteiger partial charge in [-0.05, 0) is 24.7 Å². The van der Waals surface area contributed by atoms with E-state index in [1.54, 1.807) is 0 Å². The highest BCUT2D eigenvalue weighted by molar-refractivity contribution is 4.69. The summed E-state index contributed by atoms with van der Waals surface area (Å²) in [5.41, 5.74) is 0. The Kier molecular flexibility index (Phi) is 62.5. The first kappa shape index (κ1) is 36.0. The van der Waals surface area contributed by atoms with Crippen molar-refractivity contribution in [1.82, 2.24) is 0 Å². The molecular formula is C17H42. The molecule has 0 aromatic heterocycles. The predicted molar refractivity (Wildman–Crippen MR) is 90.8 cm³/mol. The summed E-state index contributed by atoms with van der Waals surface area (Å²) >= 11 is 0. The van der Waals surface area contributed by atoms with Gasteiger partial charge >= 0.3 is 0 Å². The lowest BCUT2D eigenvalue weighted by molar-refractivity contribution is 0.572. The molecule has 0 N–H and O–H groups in total. The lowest BCUT2D eigenvalue weighted by Crippen LogP contribution is -1.86. The molecule has 110 valence electrons. The average molecular weight is 247 g/mol. The fourth-order valence-corrected chi connectivity index (χ4v) is 0.785. The molecule has 1 atom stereocenters. The third-order valence-corrected chi connectivity index (χ3v) is 1.90. The van der Waals surface area contributed by atoms with E-state index in [0.29, 0.717) is 0 Å². The van der Waals surface area contributed by atoms with Gasteiger partial charge in [0.05, 0.1) is 0 Å². The number of hydrogen-bond donors (Lipinski definition) is 0. The Bertz CT molecular complexity index is 111. The van der Waals surface area contributed by atoms with Gasteiger partial charge in [0.1, 0.15) is 0 Å². The Morgan fingerprint density at radius 1 is 0.824 bits per heavy atom. The number of allylic oxidation sites excluding steroid dienone is 2. The van der Waals surface area contributed by atoms with Crippen molar-refractivity contribution in [2.75, 3.05) is 0 Å². The summed E-state index contributed by atoms with van der Waals surface area (Å²) in [7, 11) is 0. The lowest BCUT2D eigenvalue weighted by atomic mass is 10.1. The quantitative estimate of drug-likeness (QED) is 0.444. The zero-order chi connectivity index (χ0) is 10.7. The molecule has 0 radical (unpaired) electrons. The monoisotopic (exact) mass is 246 g/mol. The molecule has 0 nitrogen and oxygen atoms in total. The summed E-state index contributed by atoms with van der Waals surface area (Å²) in [6, 6.07) is 0. The van der Waals surface area contributed by atoms with E-state index in [4.69, 9.17) is 0 Å². The topological polar surface area (TPSA) is 0 Å². The molecule has 0 bridgehead atoms. The molecule has 0 saturated heterocycles. The standard InChI is InChI=1S/C7H14.C6H12.4CH4/c1-4-6-7(3)5-2;1-4-5-6(2)3;;;;/h4,7H,1,5-6H2,2-3H3;4,6H,1,5H2,2-3H3;4*1H4. The van der Waals surface area contributed by atoms with Crippen LogP contribution < -0.4 is 0 Å². The van der Waals surface area contributed by atoms with Gasteiger partial charge in [-0.3, -0.25) is 0 Å². The van der Waals surface area contributed by atoms with Gasteiger partial charge in [-0.2, -0.15) is 0 Å². The van der Waals surface area contributed by atoms with Crippen molar-refractivity contribution in [2.45, 2.75) is 76.7 Å². The summed E-state index contributed by atoms with van der Waals surface area (Å²) in [5.74, 6) is 1.61. The molecule has 0 fully saturated rings. The second-order valence-electron chi connectivity index (χ2n) is 3.96. The second kappa shape index (κ2) is 29.6. The van der Waals surface area contributed by atoms with Crippen molar-refractivity contribution in [3.8, 4) is 0 Å². The van der Waals surface area contributed by atoms with E-state index in [-0.39, 0.29) is 29.7 Å². The number of rotatable bonds is 5. The summed E-state index contributed by atoms with van der Waals surface area (Å²) in [5, 5.41) is 0. The minimum atomic E-state index is 0. The predicted octanol–water partition coefficient (Wildman–Crippen LogP) is 7.37. The van der Waals surface area contributed by atoms with E-state index in [1.807, 2.05) is 12.2 Å². The average Bonchev–Trinajstić information content (AvgIpc) is 2.05. The van der Waals surface area contributed by atoms with E-state index in [9.17, 15) is 0 Å². The molecule has 17 heavy (non-hydrogen) atoms. The molecular weight excluding hydrogens is 204 g/mol. The lowest BCUT2D eigenvalue weighted by Gasteiger charge is -2.00. The zero-order valence-corrected chi connectivity index (χ0v) is 9.84. The summed E-state index contributed by atoms with van der Waals surface area (Å²) < 4.78 is 0.